The van der Waals surface area contributed by atoms with E-state index in [0.717, 1.165) is 17.7 Å². The third kappa shape index (κ3) is 1.42. The third-order valence-electron chi connectivity index (χ3n) is 2.92. The van der Waals surface area contributed by atoms with Crippen LogP contribution >= 0.6 is 0 Å². The van der Waals surface area contributed by atoms with Crippen molar-refractivity contribution in [3.05, 3.63) is 17.7 Å². The Morgan fingerprint density at radius 3 is 2.60 bits per heavy atom. The molecule has 0 saturated heterocycles. The average Bonchev–Trinajstić information content (AvgIpc) is 2.19. The Morgan fingerprint density at radius 2 is 1.93 bits per heavy atom. The van der Waals surface area contributed by atoms with Gasteiger partial charge in [0.15, 0.2) is 0 Å². The Bertz CT molecular complexity index is 428. The number of hydrogen-bond donors (Lipinski definition) is 2. The summed E-state index contributed by atoms with van der Waals surface area (Å²) in [5.41, 5.74) is 14.6. The highest BCUT2D eigenvalue weighted by Gasteiger charge is 2.27. The minimum absolute atomic E-state index is 0.0190. The molecule has 0 saturated carbocycles. The largest absolute Gasteiger partial charge is 0.397 e. The number of hydrogen-bond acceptors (Lipinski definition) is 3. The zero-order valence-electron chi connectivity index (χ0n) is 8.95. The molecule has 1 atom stereocenters. The molecule has 15 heavy (non-hydrogen) atoms. The summed E-state index contributed by atoms with van der Waals surface area (Å²) >= 11 is 0. The zero-order valence-corrected chi connectivity index (χ0v) is 8.95. The van der Waals surface area contributed by atoms with E-state index in [4.69, 9.17) is 11.5 Å². The van der Waals surface area contributed by atoms with Crippen molar-refractivity contribution in [2.45, 2.75) is 13.3 Å². The van der Waals surface area contributed by atoms with Crippen molar-refractivity contribution in [2.24, 2.45) is 5.92 Å². The fraction of sp³-hybridized carbons (Fsp3) is 0.364. The molecule has 1 heterocycles. The molecule has 0 spiro atoms. The first-order valence-electron chi connectivity index (χ1n) is 4.96. The minimum atomic E-state index is 0.0190. The lowest BCUT2D eigenvalue weighted by molar-refractivity contribution is -0.121. The van der Waals surface area contributed by atoms with Gasteiger partial charge in [-0.15, -0.1) is 0 Å². The molecule has 4 nitrogen and oxygen atoms in total. The number of anilines is 3. The molecule has 2 rings (SSSR count). The SMILES string of the molecule is CC1Cc2cc(N)c(N)cc2N(C)C1=O. The van der Waals surface area contributed by atoms with E-state index in [1.807, 2.05) is 13.0 Å². The maximum Gasteiger partial charge on any atom is 0.229 e. The molecular formula is C11H15N3O. The third-order valence-corrected chi connectivity index (χ3v) is 2.92. The Kier molecular flexibility index (Phi) is 2.07. The number of nitrogen functional groups attached to an aromatic ring is 2. The first kappa shape index (κ1) is 9.83. The molecule has 1 unspecified atom stereocenters. The van der Waals surface area contributed by atoms with Crippen molar-refractivity contribution < 1.29 is 4.79 Å². The van der Waals surface area contributed by atoms with Gasteiger partial charge in [0.25, 0.3) is 0 Å². The van der Waals surface area contributed by atoms with E-state index in [0.29, 0.717) is 11.4 Å². The molecule has 0 fully saturated rings. The Morgan fingerprint density at radius 1 is 1.33 bits per heavy atom. The first-order chi connectivity index (χ1) is 7.00. The highest BCUT2D eigenvalue weighted by molar-refractivity contribution is 5.98. The fourth-order valence-corrected chi connectivity index (χ4v) is 2.01. The summed E-state index contributed by atoms with van der Waals surface area (Å²) in [4.78, 5) is 13.4. The summed E-state index contributed by atoms with van der Waals surface area (Å²) in [6, 6.07) is 3.64. The first-order valence-corrected chi connectivity index (χ1v) is 4.96. The minimum Gasteiger partial charge on any atom is -0.397 e. The molecule has 80 valence electrons. The normalized spacial score (nSPS) is 20.3. The second-order valence-corrected chi connectivity index (χ2v) is 4.11. The average molecular weight is 205 g/mol. The van der Waals surface area contributed by atoms with Crippen LogP contribution in [0.4, 0.5) is 17.1 Å². The maximum absolute atomic E-state index is 11.7. The van der Waals surface area contributed by atoms with Crippen molar-refractivity contribution in [3.63, 3.8) is 0 Å². The van der Waals surface area contributed by atoms with E-state index in [2.05, 4.69) is 0 Å². The second-order valence-electron chi connectivity index (χ2n) is 4.11. The molecule has 0 aromatic heterocycles. The summed E-state index contributed by atoms with van der Waals surface area (Å²) in [6.45, 7) is 1.92. The fourth-order valence-electron chi connectivity index (χ4n) is 2.01. The van der Waals surface area contributed by atoms with Gasteiger partial charge in [-0.1, -0.05) is 6.92 Å². The van der Waals surface area contributed by atoms with E-state index in [-0.39, 0.29) is 11.8 Å². The molecule has 0 aliphatic carbocycles. The lowest BCUT2D eigenvalue weighted by atomic mass is 9.93. The van der Waals surface area contributed by atoms with Crippen molar-refractivity contribution in [3.8, 4) is 0 Å². The predicted molar refractivity (Wildman–Crippen MR) is 61.5 cm³/mol. The maximum atomic E-state index is 11.7. The van der Waals surface area contributed by atoms with Gasteiger partial charge < -0.3 is 16.4 Å². The van der Waals surface area contributed by atoms with Crippen LogP contribution in [0.5, 0.6) is 0 Å². The van der Waals surface area contributed by atoms with Crippen molar-refractivity contribution >= 4 is 23.0 Å². The van der Waals surface area contributed by atoms with Gasteiger partial charge in [0.2, 0.25) is 5.91 Å². The van der Waals surface area contributed by atoms with E-state index >= 15 is 0 Å². The molecule has 4 heteroatoms. The second kappa shape index (κ2) is 3.15. The summed E-state index contributed by atoms with van der Waals surface area (Å²) in [5.74, 6) is 0.150. The van der Waals surface area contributed by atoms with E-state index in [1.165, 1.54) is 0 Å². The number of rotatable bonds is 0. The van der Waals surface area contributed by atoms with E-state index in [9.17, 15) is 4.79 Å². The molecule has 0 radical (unpaired) electrons. The molecule has 1 aromatic rings. The highest BCUT2D eigenvalue weighted by Crippen LogP contribution is 2.33. The van der Waals surface area contributed by atoms with Crippen molar-refractivity contribution in [1.29, 1.82) is 0 Å². The van der Waals surface area contributed by atoms with Crippen LogP contribution in [0.3, 0.4) is 0 Å². The van der Waals surface area contributed by atoms with E-state index < -0.39 is 0 Å². The number of nitrogens with zero attached hydrogens (tertiary/aromatic N) is 1. The van der Waals surface area contributed by atoms with Gasteiger partial charge >= 0.3 is 0 Å². The van der Waals surface area contributed by atoms with Crippen LogP contribution in [0.1, 0.15) is 12.5 Å². The van der Waals surface area contributed by atoms with Crippen molar-refractivity contribution in [2.75, 3.05) is 23.4 Å². The molecule has 4 N–H and O–H groups in total. The van der Waals surface area contributed by atoms with Crippen molar-refractivity contribution in [1.82, 2.24) is 0 Å². The molecular weight excluding hydrogens is 190 g/mol. The summed E-state index contributed by atoms with van der Waals surface area (Å²) in [7, 11) is 1.77. The summed E-state index contributed by atoms with van der Waals surface area (Å²) in [5, 5.41) is 0. The van der Waals surface area contributed by atoms with Crippen LogP contribution in [0, 0.1) is 5.92 Å². The molecule has 1 aliphatic heterocycles. The van der Waals surface area contributed by atoms with Gasteiger partial charge in [-0.05, 0) is 24.1 Å². The van der Waals surface area contributed by atoms with Crippen LogP contribution in [-0.4, -0.2) is 13.0 Å². The Balaban J connectivity index is 2.56. The summed E-state index contributed by atoms with van der Waals surface area (Å²) in [6.07, 6.45) is 0.739. The standard InChI is InChI=1S/C11H15N3O/c1-6-3-7-4-8(12)9(13)5-10(7)14(2)11(6)15/h4-6H,3,12-13H2,1-2H3. The lowest BCUT2D eigenvalue weighted by Crippen LogP contribution is -2.37. The van der Waals surface area contributed by atoms with Crippen LogP contribution in [-0.2, 0) is 11.2 Å². The smallest absolute Gasteiger partial charge is 0.229 e. The number of fused-ring (bicyclic) bond motifs is 1. The molecule has 1 amide bonds. The van der Waals surface area contributed by atoms with Crippen LogP contribution in [0.25, 0.3) is 0 Å². The molecule has 0 bridgehead atoms. The topological polar surface area (TPSA) is 72.3 Å². The summed E-state index contributed by atoms with van der Waals surface area (Å²) < 4.78 is 0. The lowest BCUT2D eigenvalue weighted by Gasteiger charge is -2.30. The van der Waals surface area contributed by atoms with Gasteiger partial charge in [0, 0.05) is 18.7 Å². The van der Waals surface area contributed by atoms with Gasteiger partial charge in [0.1, 0.15) is 0 Å². The Labute approximate surface area is 88.9 Å². The zero-order chi connectivity index (χ0) is 11.2. The number of carbonyl (C=O) groups excluding carboxylic acids is 1. The predicted octanol–water partition coefficient (Wildman–Crippen LogP) is 1.01. The molecule has 1 aromatic carbocycles. The van der Waals surface area contributed by atoms with Gasteiger partial charge in [-0.3, -0.25) is 4.79 Å². The Hall–Kier alpha value is -1.71. The van der Waals surface area contributed by atoms with Gasteiger partial charge in [0.05, 0.1) is 11.4 Å². The van der Waals surface area contributed by atoms with Crippen LogP contribution < -0.4 is 16.4 Å². The monoisotopic (exact) mass is 205 g/mol. The van der Waals surface area contributed by atoms with E-state index in [1.54, 1.807) is 18.0 Å². The number of benzene rings is 1. The molecule has 1 aliphatic rings. The number of amides is 1. The number of carbonyl (C=O) groups is 1. The van der Waals surface area contributed by atoms with Crippen LogP contribution in [0.15, 0.2) is 12.1 Å². The van der Waals surface area contributed by atoms with Gasteiger partial charge in [-0.25, -0.2) is 0 Å². The van der Waals surface area contributed by atoms with Gasteiger partial charge in [-0.2, -0.15) is 0 Å². The highest BCUT2D eigenvalue weighted by atomic mass is 16.2. The van der Waals surface area contributed by atoms with Crippen LogP contribution in [0.2, 0.25) is 0 Å². The number of nitrogens with two attached hydrogens (primary N) is 2. The quantitative estimate of drug-likeness (QED) is 0.621.